The van der Waals surface area contributed by atoms with Crippen LogP contribution >= 0.6 is 11.6 Å². The second-order valence-corrected chi connectivity index (χ2v) is 2.19. The third-order valence-corrected chi connectivity index (χ3v) is 1.43. The van der Waals surface area contributed by atoms with E-state index in [-0.39, 0.29) is 56.6 Å². The summed E-state index contributed by atoms with van der Waals surface area (Å²) < 4.78 is 0. The van der Waals surface area contributed by atoms with Crippen LogP contribution in [0.1, 0.15) is 17.8 Å². The van der Waals surface area contributed by atoms with Crippen LogP contribution in [0, 0.1) is 38.6 Å². The van der Waals surface area contributed by atoms with Crippen molar-refractivity contribution in [2.45, 2.75) is 7.43 Å². The van der Waals surface area contributed by atoms with E-state index in [4.69, 9.17) is 16.7 Å². The van der Waals surface area contributed by atoms with Crippen molar-refractivity contribution in [3.8, 4) is 0 Å². The summed E-state index contributed by atoms with van der Waals surface area (Å²) in [5.74, 6) is -0.995. The maximum Gasteiger partial charge on any atom is 0.337 e. The average Bonchev–Trinajstić information content (AvgIpc) is 1.88. The molecule has 0 aliphatic carbocycles. The van der Waals surface area contributed by atoms with E-state index in [1.165, 1.54) is 6.07 Å². The molecule has 1 rings (SSSR count). The first-order valence-electron chi connectivity index (χ1n) is 2.69. The van der Waals surface area contributed by atoms with Crippen LogP contribution in [0.4, 0.5) is 0 Å². The van der Waals surface area contributed by atoms with Crippen LogP contribution in [0.3, 0.4) is 0 Å². The molecule has 1 aromatic carbocycles. The first kappa shape index (κ1) is 14.8. The summed E-state index contributed by atoms with van der Waals surface area (Å²) in [6.07, 6.45) is 0. The van der Waals surface area contributed by atoms with Crippen LogP contribution in [-0.4, -0.2) is 11.1 Å². The Morgan fingerprint density at radius 2 is 1.83 bits per heavy atom. The van der Waals surface area contributed by atoms with Gasteiger partial charge in [0.2, 0.25) is 0 Å². The number of carboxylic acid groups (broad SMARTS) is 1. The smallest absolute Gasteiger partial charge is 0.337 e. The maximum atomic E-state index is 10.3. The number of benzene rings is 1. The number of halogens is 1. The van der Waals surface area contributed by atoms with Crippen LogP contribution < -0.4 is 0 Å². The molecule has 2 nitrogen and oxygen atoms in total. The minimum Gasteiger partial charge on any atom is -0.478 e. The minimum absolute atomic E-state index is 0. The van der Waals surface area contributed by atoms with E-state index in [2.05, 4.69) is 0 Å². The standard InChI is InChI=1S/C7H5ClO2.CH4.Tb/c8-6-4-2-1-3-5(6)7(9)10;;/h1-4H,(H,9,10);1H4;. The molecule has 1 radical (unpaired) electrons. The van der Waals surface area contributed by atoms with E-state index in [1.54, 1.807) is 18.2 Å². The third-order valence-electron chi connectivity index (χ3n) is 1.10. The van der Waals surface area contributed by atoms with Crippen LogP contribution in [-0.2, 0) is 0 Å². The molecule has 0 spiro atoms. The summed E-state index contributed by atoms with van der Waals surface area (Å²) in [5, 5.41) is 8.75. The predicted octanol–water partition coefficient (Wildman–Crippen LogP) is 2.67. The van der Waals surface area contributed by atoms with Gasteiger partial charge in [-0.1, -0.05) is 31.2 Å². The van der Waals surface area contributed by atoms with Gasteiger partial charge in [-0.25, -0.2) is 4.79 Å². The summed E-state index contributed by atoms with van der Waals surface area (Å²) in [4.78, 5) is 10.3. The Balaban J connectivity index is 0. The molecular formula is C8H9ClO2Tb. The van der Waals surface area contributed by atoms with Crippen molar-refractivity contribution in [2.24, 2.45) is 0 Å². The number of rotatable bonds is 1. The molecule has 0 fully saturated rings. The Morgan fingerprint density at radius 3 is 2.17 bits per heavy atom. The van der Waals surface area contributed by atoms with Gasteiger partial charge in [-0.2, -0.15) is 0 Å². The van der Waals surface area contributed by atoms with E-state index in [0.717, 1.165) is 0 Å². The van der Waals surface area contributed by atoms with Crippen molar-refractivity contribution >= 4 is 17.6 Å². The summed E-state index contributed by atoms with van der Waals surface area (Å²) >= 11 is 5.54. The Kier molecular flexibility index (Phi) is 8.30. The van der Waals surface area contributed by atoms with Crippen LogP contribution in [0.5, 0.6) is 0 Å². The Labute approximate surface area is 107 Å². The van der Waals surface area contributed by atoms with Gasteiger partial charge in [0, 0.05) is 38.6 Å². The van der Waals surface area contributed by atoms with Gasteiger partial charge in [0.15, 0.2) is 0 Å². The van der Waals surface area contributed by atoms with Crippen molar-refractivity contribution in [3.05, 3.63) is 34.9 Å². The zero-order valence-electron chi connectivity index (χ0n) is 5.38. The van der Waals surface area contributed by atoms with Gasteiger partial charge >= 0.3 is 5.97 Å². The van der Waals surface area contributed by atoms with Gasteiger partial charge < -0.3 is 5.11 Å². The summed E-state index contributed by atoms with van der Waals surface area (Å²) in [6, 6.07) is 6.33. The van der Waals surface area contributed by atoms with E-state index in [0.29, 0.717) is 0 Å². The molecule has 0 saturated heterocycles. The zero-order valence-corrected chi connectivity index (χ0v) is 8.27. The molecule has 0 aliphatic heterocycles. The van der Waals surface area contributed by atoms with Crippen LogP contribution in [0.25, 0.3) is 0 Å². The Bertz CT molecular complexity index is 263. The summed E-state index contributed by atoms with van der Waals surface area (Å²) in [5.41, 5.74) is 0.143. The largest absolute Gasteiger partial charge is 0.478 e. The van der Waals surface area contributed by atoms with Crippen molar-refractivity contribution in [3.63, 3.8) is 0 Å². The molecule has 4 heteroatoms. The van der Waals surface area contributed by atoms with E-state index in [9.17, 15) is 4.79 Å². The van der Waals surface area contributed by atoms with Crippen LogP contribution in [0.2, 0.25) is 5.02 Å². The van der Waals surface area contributed by atoms with Gasteiger partial charge in [0.25, 0.3) is 0 Å². The van der Waals surface area contributed by atoms with Gasteiger partial charge in [-0.15, -0.1) is 0 Å². The maximum absolute atomic E-state index is 10.3. The molecule has 0 aliphatic rings. The Morgan fingerprint density at radius 1 is 1.33 bits per heavy atom. The molecule has 69 valence electrons. The summed E-state index contributed by atoms with van der Waals surface area (Å²) in [7, 11) is 0. The zero-order chi connectivity index (χ0) is 7.56. The molecule has 0 aromatic heterocycles. The number of carboxylic acids is 1. The van der Waals surface area contributed by atoms with Crippen LogP contribution in [0.15, 0.2) is 24.3 Å². The molecular weight excluding hydrogens is 322 g/mol. The molecule has 0 amide bonds. The van der Waals surface area contributed by atoms with Crippen molar-refractivity contribution in [1.29, 1.82) is 0 Å². The van der Waals surface area contributed by atoms with E-state index < -0.39 is 5.97 Å². The molecule has 0 unspecified atom stereocenters. The second kappa shape index (κ2) is 6.75. The van der Waals surface area contributed by atoms with E-state index in [1.807, 2.05) is 0 Å². The Hall–Kier alpha value is 0.266. The fourth-order valence-electron chi connectivity index (χ4n) is 0.635. The molecule has 1 N–H and O–H groups in total. The normalized spacial score (nSPS) is 7.75. The van der Waals surface area contributed by atoms with E-state index >= 15 is 0 Å². The predicted molar refractivity (Wildman–Crippen MR) is 45.1 cm³/mol. The summed E-state index contributed by atoms with van der Waals surface area (Å²) in [6.45, 7) is 0. The number of hydrogen-bond acceptors (Lipinski definition) is 1. The second-order valence-electron chi connectivity index (χ2n) is 1.78. The van der Waals surface area contributed by atoms with Gasteiger partial charge in [-0.3, -0.25) is 0 Å². The third kappa shape index (κ3) is 3.78. The van der Waals surface area contributed by atoms with Crippen molar-refractivity contribution in [2.75, 3.05) is 0 Å². The molecule has 0 heterocycles. The average molecular weight is 332 g/mol. The van der Waals surface area contributed by atoms with Crippen molar-refractivity contribution in [1.82, 2.24) is 0 Å². The molecule has 0 bridgehead atoms. The monoisotopic (exact) mass is 331 g/mol. The van der Waals surface area contributed by atoms with Gasteiger partial charge in [0.05, 0.1) is 10.6 Å². The van der Waals surface area contributed by atoms with Crippen molar-refractivity contribution < 1.29 is 48.5 Å². The van der Waals surface area contributed by atoms with Gasteiger partial charge in [0.1, 0.15) is 0 Å². The topological polar surface area (TPSA) is 37.3 Å². The molecule has 0 atom stereocenters. The molecule has 1 aromatic rings. The molecule has 12 heavy (non-hydrogen) atoms. The minimum atomic E-state index is -0.995. The number of aromatic carboxylic acids is 1. The first-order valence-corrected chi connectivity index (χ1v) is 3.07. The van der Waals surface area contributed by atoms with Gasteiger partial charge in [-0.05, 0) is 12.1 Å². The quantitative estimate of drug-likeness (QED) is 0.859. The fourth-order valence-corrected chi connectivity index (χ4v) is 0.851. The number of carbonyl (C=O) groups is 1. The molecule has 0 saturated carbocycles. The fraction of sp³-hybridized carbons (Fsp3) is 0.125. The first-order chi connectivity index (χ1) is 4.72. The SMILES string of the molecule is C.O=C(O)c1ccccc1Cl.[Tb]. The number of hydrogen-bond donors (Lipinski definition) is 1.